The molecule has 4 rings (SSSR count). The molecular weight excluding hydrogens is 394 g/mol. The molecule has 0 bridgehead atoms. The van der Waals surface area contributed by atoms with E-state index in [4.69, 9.17) is 9.72 Å². The number of ether oxygens (including phenoxy) is 1. The van der Waals surface area contributed by atoms with E-state index in [1.54, 1.807) is 11.4 Å². The molecule has 0 spiro atoms. The Bertz CT molecular complexity index is 1380. The van der Waals surface area contributed by atoms with Gasteiger partial charge in [-0.25, -0.2) is 4.79 Å². The van der Waals surface area contributed by atoms with Crippen molar-refractivity contribution < 1.29 is 4.74 Å². The topological polar surface area (TPSA) is 75.5 Å². The fraction of sp³-hybridized carbons (Fsp3) is 0.435. The Morgan fingerprint density at radius 2 is 1.77 bits per heavy atom. The van der Waals surface area contributed by atoms with Crippen molar-refractivity contribution in [2.24, 2.45) is 18.9 Å². The number of benzene rings is 1. The summed E-state index contributed by atoms with van der Waals surface area (Å²) < 4.78 is 12.5. The van der Waals surface area contributed by atoms with Crippen molar-refractivity contribution in [1.82, 2.24) is 23.1 Å². The van der Waals surface area contributed by atoms with E-state index in [2.05, 4.69) is 13.8 Å². The Morgan fingerprint density at radius 1 is 1.06 bits per heavy atom. The molecule has 3 aromatic heterocycles. The predicted molar refractivity (Wildman–Crippen MR) is 121 cm³/mol. The molecule has 0 atom stereocenters. The first-order valence-corrected chi connectivity index (χ1v) is 10.6. The van der Waals surface area contributed by atoms with Crippen molar-refractivity contribution >= 4 is 16.9 Å². The second kappa shape index (κ2) is 7.76. The second-order valence-electron chi connectivity index (χ2n) is 8.88. The van der Waals surface area contributed by atoms with Crippen LogP contribution >= 0.6 is 0 Å². The lowest BCUT2D eigenvalue weighted by molar-refractivity contribution is 0.270. The van der Waals surface area contributed by atoms with Crippen molar-refractivity contribution in [3.05, 3.63) is 57.0 Å². The van der Waals surface area contributed by atoms with Gasteiger partial charge in [-0.3, -0.25) is 22.9 Å². The van der Waals surface area contributed by atoms with E-state index in [-0.39, 0.29) is 17.2 Å². The van der Waals surface area contributed by atoms with Crippen LogP contribution in [0.3, 0.4) is 0 Å². The summed E-state index contributed by atoms with van der Waals surface area (Å²) in [7, 11) is 1.66. The lowest BCUT2D eigenvalue weighted by Crippen LogP contribution is -2.40. The highest BCUT2D eigenvalue weighted by atomic mass is 16.5. The van der Waals surface area contributed by atoms with E-state index in [1.165, 1.54) is 9.13 Å². The Hall–Kier alpha value is -3.29. The minimum absolute atomic E-state index is 0.169. The first-order valence-electron chi connectivity index (χ1n) is 10.6. The van der Waals surface area contributed by atoms with Crippen LogP contribution in [0.2, 0.25) is 0 Å². The molecule has 0 radical (unpaired) electrons. The molecule has 0 unspecified atom stereocenters. The van der Waals surface area contributed by atoms with Gasteiger partial charge in [0.05, 0.1) is 12.3 Å². The number of nitrogens with zero attached hydrogens (tertiary/aromatic N) is 5. The van der Waals surface area contributed by atoms with Crippen molar-refractivity contribution in [1.29, 1.82) is 0 Å². The summed E-state index contributed by atoms with van der Waals surface area (Å²) in [6.45, 7) is 11.1. The van der Waals surface area contributed by atoms with Gasteiger partial charge in [-0.15, -0.1) is 0 Å². The molecule has 3 heterocycles. The van der Waals surface area contributed by atoms with Crippen LogP contribution in [0.15, 0.2) is 40.1 Å². The average molecular weight is 424 g/mol. The molecule has 0 saturated carbocycles. The first kappa shape index (κ1) is 21.0. The third kappa shape index (κ3) is 3.45. The highest BCUT2D eigenvalue weighted by molar-refractivity contribution is 5.76. The summed E-state index contributed by atoms with van der Waals surface area (Å²) in [6, 6.07) is 7.78. The normalized spacial score (nSPS) is 12.0. The third-order valence-electron chi connectivity index (χ3n) is 5.25. The molecule has 8 nitrogen and oxygen atoms in total. The van der Waals surface area contributed by atoms with E-state index < -0.39 is 0 Å². The molecule has 0 N–H and O–H groups in total. The molecule has 4 aromatic rings. The molecule has 1 aromatic carbocycles. The summed E-state index contributed by atoms with van der Waals surface area (Å²) in [5, 5.41) is 0. The Morgan fingerprint density at radius 3 is 2.45 bits per heavy atom. The predicted octanol–water partition coefficient (Wildman–Crippen LogP) is 3.14. The van der Waals surface area contributed by atoms with Crippen LogP contribution < -0.4 is 16.0 Å². The molecule has 0 aliphatic rings. The monoisotopic (exact) mass is 423 g/mol. The Kier molecular flexibility index (Phi) is 5.24. The number of aryl methyl sites for hydroxylation is 2. The van der Waals surface area contributed by atoms with Gasteiger partial charge in [0.2, 0.25) is 5.78 Å². The van der Waals surface area contributed by atoms with Crippen LogP contribution in [0.4, 0.5) is 0 Å². The fourth-order valence-corrected chi connectivity index (χ4v) is 3.85. The van der Waals surface area contributed by atoms with Gasteiger partial charge in [0.1, 0.15) is 5.75 Å². The van der Waals surface area contributed by atoms with Gasteiger partial charge in [0.15, 0.2) is 11.2 Å². The zero-order valence-electron chi connectivity index (χ0n) is 18.9. The average Bonchev–Trinajstić information content (AvgIpc) is 3.22. The lowest BCUT2D eigenvalue weighted by Gasteiger charge is -2.14. The second-order valence-corrected chi connectivity index (χ2v) is 8.88. The van der Waals surface area contributed by atoms with Gasteiger partial charge in [0.25, 0.3) is 5.56 Å². The van der Waals surface area contributed by atoms with Crippen LogP contribution in [-0.2, 0) is 13.6 Å². The zero-order chi connectivity index (χ0) is 22.4. The molecule has 8 heteroatoms. The van der Waals surface area contributed by atoms with E-state index in [0.717, 1.165) is 17.1 Å². The highest BCUT2D eigenvalue weighted by Crippen LogP contribution is 2.28. The number of rotatable bonds is 6. The van der Waals surface area contributed by atoms with Gasteiger partial charge in [-0.05, 0) is 30.9 Å². The SMILES string of the molecule is Cc1cn2c3c(=O)n(CC(C)C)c(=O)n(C)c3nc2n1-c1ccccc1OCC(C)C. The smallest absolute Gasteiger partial charge is 0.332 e. The first-order chi connectivity index (χ1) is 14.7. The minimum Gasteiger partial charge on any atom is -0.491 e. The van der Waals surface area contributed by atoms with E-state index in [1.807, 2.05) is 55.8 Å². The standard InChI is InChI=1S/C23H29N5O3/c1-14(2)11-27-21(29)19-20(25(6)23(27)30)24-22-26(19)12-16(5)28(22)17-9-7-8-10-18(17)31-13-15(3)4/h7-10,12,14-15H,11,13H2,1-6H3. The summed E-state index contributed by atoms with van der Waals surface area (Å²) in [6.07, 6.45) is 1.88. The number of hydrogen-bond donors (Lipinski definition) is 0. The van der Waals surface area contributed by atoms with Crippen LogP contribution in [0, 0.1) is 18.8 Å². The molecule has 0 fully saturated rings. The maximum atomic E-state index is 13.3. The molecule has 164 valence electrons. The van der Waals surface area contributed by atoms with Gasteiger partial charge < -0.3 is 4.74 Å². The van der Waals surface area contributed by atoms with Gasteiger partial charge in [-0.2, -0.15) is 4.98 Å². The summed E-state index contributed by atoms with van der Waals surface area (Å²) >= 11 is 0. The van der Waals surface area contributed by atoms with E-state index in [0.29, 0.717) is 36.0 Å². The van der Waals surface area contributed by atoms with Crippen LogP contribution in [0.1, 0.15) is 33.4 Å². The van der Waals surface area contributed by atoms with Crippen molar-refractivity contribution in [2.75, 3.05) is 6.61 Å². The summed E-state index contributed by atoms with van der Waals surface area (Å²) in [5.41, 5.74) is 1.86. The minimum atomic E-state index is -0.351. The Balaban J connectivity index is 2.01. The molecule has 0 aliphatic carbocycles. The quantitative estimate of drug-likeness (QED) is 0.477. The number of hydrogen-bond acceptors (Lipinski definition) is 4. The Labute approximate surface area is 180 Å². The number of imidazole rings is 2. The number of para-hydroxylation sites is 2. The number of aromatic nitrogens is 5. The maximum absolute atomic E-state index is 13.3. The van der Waals surface area contributed by atoms with Crippen LogP contribution in [0.5, 0.6) is 5.75 Å². The molecule has 0 amide bonds. The molecule has 31 heavy (non-hydrogen) atoms. The van der Waals surface area contributed by atoms with Crippen molar-refractivity contribution in [3.63, 3.8) is 0 Å². The van der Waals surface area contributed by atoms with Crippen LogP contribution in [0.25, 0.3) is 22.6 Å². The van der Waals surface area contributed by atoms with E-state index in [9.17, 15) is 9.59 Å². The van der Waals surface area contributed by atoms with Gasteiger partial charge >= 0.3 is 5.69 Å². The molecular formula is C23H29N5O3. The highest BCUT2D eigenvalue weighted by Gasteiger charge is 2.22. The largest absolute Gasteiger partial charge is 0.491 e. The molecule has 0 saturated heterocycles. The van der Waals surface area contributed by atoms with Gasteiger partial charge in [-0.1, -0.05) is 39.8 Å². The van der Waals surface area contributed by atoms with Crippen molar-refractivity contribution in [3.8, 4) is 11.4 Å². The fourth-order valence-electron chi connectivity index (χ4n) is 3.85. The molecule has 0 aliphatic heterocycles. The van der Waals surface area contributed by atoms with E-state index >= 15 is 0 Å². The number of fused-ring (bicyclic) bond motifs is 3. The summed E-state index contributed by atoms with van der Waals surface area (Å²) in [5.74, 6) is 1.88. The van der Waals surface area contributed by atoms with Crippen LogP contribution in [-0.4, -0.2) is 29.7 Å². The zero-order valence-corrected chi connectivity index (χ0v) is 18.9. The van der Waals surface area contributed by atoms with Gasteiger partial charge in [0, 0.05) is 25.5 Å². The van der Waals surface area contributed by atoms with Crippen molar-refractivity contribution in [2.45, 2.75) is 41.2 Å². The summed E-state index contributed by atoms with van der Waals surface area (Å²) in [4.78, 5) is 30.8. The maximum Gasteiger partial charge on any atom is 0.332 e. The lowest BCUT2D eigenvalue weighted by atomic mass is 10.2. The third-order valence-corrected chi connectivity index (χ3v) is 5.25.